The molecule has 0 spiro atoms. The molecule has 0 radical (unpaired) electrons. The number of hydrogen-bond donors (Lipinski definition) is 0. The van der Waals surface area contributed by atoms with Gasteiger partial charge in [-0.05, 0) is 19.1 Å². The average Bonchev–Trinajstić information content (AvgIpc) is 2.98. The maximum absolute atomic E-state index is 12.7. The Bertz CT molecular complexity index is 717. The summed E-state index contributed by atoms with van der Waals surface area (Å²) in [6, 6.07) is 9.17. The zero-order chi connectivity index (χ0) is 15.7. The molecule has 1 aromatic heterocycles. The number of rotatable bonds is 4. The first-order valence-electron chi connectivity index (χ1n) is 7.29. The molecule has 3 rings (SSSR count). The van der Waals surface area contributed by atoms with Crippen LogP contribution in [-0.4, -0.2) is 50.4 Å². The van der Waals surface area contributed by atoms with Crippen LogP contribution in [0.4, 0.5) is 0 Å². The van der Waals surface area contributed by atoms with Gasteiger partial charge in [0.1, 0.15) is 11.3 Å². The lowest BCUT2D eigenvalue weighted by molar-refractivity contribution is 0.0698. The minimum Gasteiger partial charge on any atom is -0.459 e. The van der Waals surface area contributed by atoms with Gasteiger partial charge in [-0.25, -0.2) is 0 Å². The summed E-state index contributed by atoms with van der Waals surface area (Å²) in [7, 11) is -1.93. The summed E-state index contributed by atoms with van der Waals surface area (Å²) in [4.78, 5) is 0. The molecule has 0 amide bonds. The minimum absolute atomic E-state index is 0.375. The normalized spacial score (nSPS) is 18.9. The first kappa shape index (κ1) is 15.5. The summed E-state index contributed by atoms with van der Waals surface area (Å²) < 4.78 is 39.2. The quantitative estimate of drug-likeness (QED) is 0.863. The second kappa shape index (κ2) is 6.00. The van der Waals surface area contributed by atoms with E-state index in [0.29, 0.717) is 32.1 Å². The van der Waals surface area contributed by atoms with Gasteiger partial charge in [-0.1, -0.05) is 18.2 Å². The van der Waals surface area contributed by atoms with E-state index >= 15 is 0 Å². The van der Waals surface area contributed by atoms with Crippen molar-refractivity contribution in [3.63, 3.8) is 0 Å². The number of hydrogen-bond acceptors (Lipinski definition) is 4. The lowest BCUT2D eigenvalue weighted by atomic mass is 10.2. The van der Waals surface area contributed by atoms with Crippen LogP contribution in [0.1, 0.15) is 18.7 Å². The Morgan fingerprint density at radius 1 is 1.23 bits per heavy atom. The second-order valence-corrected chi connectivity index (χ2v) is 7.39. The molecule has 0 bridgehead atoms. The minimum atomic E-state index is -3.52. The van der Waals surface area contributed by atoms with Gasteiger partial charge in [0.15, 0.2) is 0 Å². The molecule has 0 aliphatic carbocycles. The van der Waals surface area contributed by atoms with Crippen LogP contribution >= 0.6 is 0 Å². The Hall–Kier alpha value is -1.41. The van der Waals surface area contributed by atoms with E-state index in [9.17, 15) is 8.42 Å². The smallest absolute Gasteiger partial charge is 0.282 e. The fraction of sp³-hybridized carbons (Fsp3) is 0.467. The molecular weight excluding hydrogens is 304 g/mol. The lowest BCUT2D eigenvalue weighted by Crippen LogP contribution is -2.47. The van der Waals surface area contributed by atoms with Crippen LogP contribution < -0.4 is 0 Å². The number of para-hydroxylation sites is 1. The van der Waals surface area contributed by atoms with Crippen molar-refractivity contribution >= 4 is 21.2 Å². The van der Waals surface area contributed by atoms with Crippen molar-refractivity contribution in [2.45, 2.75) is 13.0 Å². The highest BCUT2D eigenvalue weighted by atomic mass is 32.2. The molecule has 120 valence electrons. The van der Waals surface area contributed by atoms with Crippen molar-refractivity contribution in [1.29, 1.82) is 0 Å². The van der Waals surface area contributed by atoms with Crippen LogP contribution in [0.3, 0.4) is 0 Å². The molecule has 7 heteroatoms. The number of furan rings is 1. The molecule has 1 fully saturated rings. The second-order valence-electron chi connectivity index (χ2n) is 5.40. The van der Waals surface area contributed by atoms with Gasteiger partial charge in [0.05, 0.1) is 19.3 Å². The Balaban J connectivity index is 1.85. The fourth-order valence-electron chi connectivity index (χ4n) is 2.55. The molecule has 2 heterocycles. The number of fused-ring (bicyclic) bond motifs is 1. The first-order valence-corrected chi connectivity index (χ1v) is 8.69. The van der Waals surface area contributed by atoms with Crippen molar-refractivity contribution in [1.82, 2.24) is 8.61 Å². The summed E-state index contributed by atoms with van der Waals surface area (Å²) in [6.45, 7) is 3.48. The van der Waals surface area contributed by atoms with Gasteiger partial charge in [0.25, 0.3) is 10.2 Å². The summed E-state index contributed by atoms with van der Waals surface area (Å²) in [5.74, 6) is 0.639. The molecule has 22 heavy (non-hydrogen) atoms. The standard InChI is InChI=1S/C15H20N2O4S/c1-12(15-11-13-5-3-4-6-14(13)21-15)16(2)22(18,19)17-7-9-20-10-8-17/h3-6,11-12H,7-10H2,1-2H3/t12-/m1/s1. The summed E-state index contributed by atoms with van der Waals surface area (Å²) in [5, 5.41) is 0.974. The third-order valence-corrected chi connectivity index (χ3v) is 6.12. The van der Waals surface area contributed by atoms with Gasteiger partial charge in [0, 0.05) is 25.5 Å². The first-order chi connectivity index (χ1) is 10.5. The fourth-order valence-corrected chi connectivity index (χ4v) is 4.03. The van der Waals surface area contributed by atoms with E-state index in [0.717, 1.165) is 11.0 Å². The predicted octanol–water partition coefficient (Wildman–Crippen LogP) is 2.00. The Morgan fingerprint density at radius 3 is 2.59 bits per heavy atom. The Labute approximate surface area is 130 Å². The zero-order valence-electron chi connectivity index (χ0n) is 12.7. The summed E-state index contributed by atoms with van der Waals surface area (Å²) in [6.07, 6.45) is 0. The number of nitrogens with zero attached hydrogens (tertiary/aromatic N) is 2. The van der Waals surface area contributed by atoms with Gasteiger partial charge in [-0.2, -0.15) is 17.0 Å². The largest absolute Gasteiger partial charge is 0.459 e. The number of ether oxygens (including phenoxy) is 1. The summed E-state index contributed by atoms with van der Waals surface area (Å²) in [5.41, 5.74) is 0.765. The van der Waals surface area contributed by atoms with E-state index in [1.807, 2.05) is 37.3 Å². The van der Waals surface area contributed by atoms with Gasteiger partial charge >= 0.3 is 0 Å². The van der Waals surface area contributed by atoms with Crippen molar-refractivity contribution < 1.29 is 17.6 Å². The molecule has 1 aliphatic rings. The molecule has 1 saturated heterocycles. The zero-order valence-corrected chi connectivity index (χ0v) is 13.5. The van der Waals surface area contributed by atoms with Crippen LogP contribution in [0.2, 0.25) is 0 Å². The molecule has 0 N–H and O–H groups in total. The summed E-state index contributed by atoms with van der Waals surface area (Å²) >= 11 is 0. The molecule has 0 saturated carbocycles. The van der Waals surface area contributed by atoms with Gasteiger partial charge in [0.2, 0.25) is 0 Å². The van der Waals surface area contributed by atoms with E-state index in [1.165, 1.54) is 8.61 Å². The predicted molar refractivity (Wildman–Crippen MR) is 83.7 cm³/mol. The molecule has 2 aromatic rings. The maximum atomic E-state index is 12.7. The lowest BCUT2D eigenvalue weighted by Gasteiger charge is -2.32. The van der Waals surface area contributed by atoms with Crippen LogP contribution in [0.5, 0.6) is 0 Å². The van der Waals surface area contributed by atoms with Crippen LogP contribution in [0, 0.1) is 0 Å². The molecule has 0 unspecified atom stereocenters. The SMILES string of the molecule is C[C@H](c1cc2ccccc2o1)N(C)S(=O)(=O)N1CCOCC1. The molecule has 1 atom stereocenters. The molecule has 1 aromatic carbocycles. The van der Waals surface area contributed by atoms with Crippen molar-refractivity contribution in [2.24, 2.45) is 0 Å². The van der Waals surface area contributed by atoms with E-state index in [2.05, 4.69) is 0 Å². The van der Waals surface area contributed by atoms with E-state index < -0.39 is 10.2 Å². The van der Waals surface area contributed by atoms with Crippen LogP contribution in [0.25, 0.3) is 11.0 Å². The molecule has 1 aliphatic heterocycles. The van der Waals surface area contributed by atoms with Crippen molar-refractivity contribution in [3.8, 4) is 0 Å². The van der Waals surface area contributed by atoms with Crippen molar-refractivity contribution in [3.05, 3.63) is 36.1 Å². The monoisotopic (exact) mass is 324 g/mol. The van der Waals surface area contributed by atoms with Gasteiger partial charge in [-0.15, -0.1) is 0 Å². The van der Waals surface area contributed by atoms with Gasteiger partial charge < -0.3 is 9.15 Å². The number of benzene rings is 1. The number of morpholine rings is 1. The Morgan fingerprint density at radius 2 is 1.91 bits per heavy atom. The van der Waals surface area contributed by atoms with E-state index in [4.69, 9.17) is 9.15 Å². The third-order valence-electron chi connectivity index (χ3n) is 4.06. The molecular formula is C15H20N2O4S. The Kier molecular flexibility index (Phi) is 4.22. The molecule has 6 nitrogen and oxygen atoms in total. The highest BCUT2D eigenvalue weighted by Gasteiger charge is 2.33. The van der Waals surface area contributed by atoms with E-state index in [1.54, 1.807) is 7.05 Å². The topological polar surface area (TPSA) is 63.0 Å². The van der Waals surface area contributed by atoms with E-state index in [-0.39, 0.29) is 6.04 Å². The van der Waals surface area contributed by atoms with Crippen molar-refractivity contribution in [2.75, 3.05) is 33.4 Å². The van der Waals surface area contributed by atoms with Crippen LogP contribution in [0.15, 0.2) is 34.7 Å². The van der Waals surface area contributed by atoms with Gasteiger partial charge in [-0.3, -0.25) is 0 Å². The van der Waals surface area contributed by atoms with Crippen LogP contribution in [-0.2, 0) is 14.9 Å². The third kappa shape index (κ3) is 2.77. The highest BCUT2D eigenvalue weighted by molar-refractivity contribution is 7.86. The highest BCUT2D eigenvalue weighted by Crippen LogP contribution is 2.29. The average molecular weight is 324 g/mol. The maximum Gasteiger partial charge on any atom is 0.282 e.